The molecule has 1 unspecified atom stereocenters. The Kier molecular flexibility index (Phi) is 6.65. The molecule has 1 aromatic heterocycles. The van der Waals surface area contributed by atoms with Crippen LogP contribution in [0.15, 0.2) is 71.7 Å². The van der Waals surface area contributed by atoms with Crippen LogP contribution >= 0.6 is 15.9 Å². The number of nitrogens with one attached hydrogen (secondary N) is 1. The predicted molar refractivity (Wildman–Crippen MR) is 110 cm³/mol. The van der Waals surface area contributed by atoms with Crippen molar-refractivity contribution in [1.82, 2.24) is 9.55 Å². The van der Waals surface area contributed by atoms with Gasteiger partial charge in [-0.15, -0.1) is 0 Å². The molecule has 0 aliphatic rings. The highest BCUT2D eigenvalue weighted by Crippen LogP contribution is 2.20. The van der Waals surface area contributed by atoms with E-state index in [1.165, 1.54) is 12.5 Å². The van der Waals surface area contributed by atoms with Crippen LogP contribution in [0.4, 0.5) is 5.69 Å². The lowest BCUT2D eigenvalue weighted by atomic mass is 10.1. The molecule has 1 atom stereocenters. The molecule has 1 N–H and O–H groups in total. The Morgan fingerprint density at radius 1 is 1.19 bits per heavy atom. The summed E-state index contributed by atoms with van der Waals surface area (Å²) >= 11 is 3.47. The predicted octanol–water partition coefficient (Wildman–Crippen LogP) is 4.68. The van der Waals surface area contributed by atoms with Crippen LogP contribution in [0.2, 0.25) is 0 Å². The molecule has 2 aromatic carbocycles. The summed E-state index contributed by atoms with van der Waals surface area (Å²) in [5, 5.41) is 2.76. The molecule has 3 rings (SSSR count). The highest BCUT2D eigenvalue weighted by Gasteiger charge is 2.12. The number of hydrogen-bond acceptors (Lipinski definition) is 3. The maximum absolute atomic E-state index is 11.1. The van der Waals surface area contributed by atoms with E-state index < -0.39 is 0 Å². The summed E-state index contributed by atoms with van der Waals surface area (Å²) in [6, 6.07) is 15.8. The second-order valence-corrected chi connectivity index (χ2v) is 7.29. The fourth-order valence-electron chi connectivity index (χ4n) is 2.81. The van der Waals surface area contributed by atoms with Crippen molar-refractivity contribution in [2.24, 2.45) is 0 Å². The summed E-state index contributed by atoms with van der Waals surface area (Å²) < 4.78 is 9.33. The number of imidazole rings is 1. The van der Waals surface area contributed by atoms with Crippen molar-refractivity contribution in [2.75, 3.05) is 5.32 Å². The number of carbonyl (C=O) groups excluding carboxylic acids is 1. The molecule has 27 heavy (non-hydrogen) atoms. The first-order valence-corrected chi connectivity index (χ1v) is 9.62. The highest BCUT2D eigenvalue weighted by atomic mass is 79.9. The van der Waals surface area contributed by atoms with E-state index in [2.05, 4.69) is 50.5 Å². The smallest absolute Gasteiger partial charge is 0.221 e. The lowest BCUT2D eigenvalue weighted by Gasteiger charge is -2.20. The van der Waals surface area contributed by atoms with E-state index in [9.17, 15) is 4.79 Å². The van der Waals surface area contributed by atoms with Gasteiger partial charge in [0.05, 0.1) is 12.9 Å². The van der Waals surface area contributed by atoms with E-state index in [1.54, 1.807) is 12.5 Å². The van der Waals surface area contributed by atoms with Crippen LogP contribution in [0.5, 0.6) is 5.75 Å². The Morgan fingerprint density at radius 2 is 1.93 bits per heavy atom. The van der Waals surface area contributed by atoms with Crippen LogP contribution in [0, 0.1) is 0 Å². The molecule has 0 bridgehead atoms. The number of aryl methyl sites for hydroxylation is 1. The van der Waals surface area contributed by atoms with Gasteiger partial charge in [-0.2, -0.15) is 0 Å². The normalized spacial score (nSPS) is 11.8. The lowest BCUT2D eigenvalue weighted by Crippen LogP contribution is -2.23. The molecule has 0 fully saturated rings. The topological polar surface area (TPSA) is 56.1 Å². The van der Waals surface area contributed by atoms with Gasteiger partial charge in [0.1, 0.15) is 11.9 Å². The zero-order chi connectivity index (χ0) is 19.1. The second kappa shape index (κ2) is 9.37. The van der Waals surface area contributed by atoms with Crippen molar-refractivity contribution < 1.29 is 9.53 Å². The standard InChI is InChI=1S/C21H22BrN3O2/c1-16(26)24-19-7-10-20(11-8-19)27-21(14-25-13-12-23-15-25)9-4-17-2-5-18(22)6-3-17/h2-3,5-8,10-13,15,21H,4,9,14H2,1H3,(H,24,26). The number of nitrogens with zero attached hydrogens (tertiary/aromatic N) is 2. The lowest BCUT2D eigenvalue weighted by molar-refractivity contribution is -0.114. The summed E-state index contributed by atoms with van der Waals surface area (Å²) in [6.07, 6.45) is 7.33. The van der Waals surface area contributed by atoms with E-state index in [0.717, 1.165) is 35.3 Å². The van der Waals surface area contributed by atoms with Gasteiger partial charge in [-0.3, -0.25) is 4.79 Å². The minimum absolute atomic E-state index is 0.00876. The molecule has 6 heteroatoms. The van der Waals surface area contributed by atoms with E-state index >= 15 is 0 Å². The first kappa shape index (κ1) is 19.2. The summed E-state index contributed by atoms with van der Waals surface area (Å²) in [5.74, 6) is 0.696. The Labute approximate surface area is 167 Å². The molecule has 1 heterocycles. The number of rotatable bonds is 8. The number of benzene rings is 2. The summed E-state index contributed by atoms with van der Waals surface area (Å²) in [7, 11) is 0. The van der Waals surface area contributed by atoms with Crippen LogP contribution in [-0.2, 0) is 17.8 Å². The highest BCUT2D eigenvalue weighted by molar-refractivity contribution is 9.10. The van der Waals surface area contributed by atoms with E-state index in [-0.39, 0.29) is 12.0 Å². The van der Waals surface area contributed by atoms with Crippen molar-refractivity contribution in [3.63, 3.8) is 0 Å². The molecular weight excluding hydrogens is 406 g/mol. The Morgan fingerprint density at radius 3 is 2.56 bits per heavy atom. The molecule has 1 amide bonds. The molecule has 0 saturated heterocycles. The fourth-order valence-corrected chi connectivity index (χ4v) is 3.07. The number of ether oxygens (including phenoxy) is 1. The number of anilines is 1. The van der Waals surface area contributed by atoms with Crippen LogP contribution in [0.1, 0.15) is 18.9 Å². The van der Waals surface area contributed by atoms with Crippen LogP contribution in [-0.4, -0.2) is 21.6 Å². The van der Waals surface area contributed by atoms with Gasteiger partial charge in [0.15, 0.2) is 0 Å². The van der Waals surface area contributed by atoms with Crippen molar-refractivity contribution in [3.05, 3.63) is 77.3 Å². The zero-order valence-corrected chi connectivity index (χ0v) is 16.7. The Balaban J connectivity index is 1.65. The molecule has 140 valence electrons. The van der Waals surface area contributed by atoms with Gasteiger partial charge in [0.2, 0.25) is 5.91 Å². The Hall–Kier alpha value is -2.60. The van der Waals surface area contributed by atoms with Crippen molar-refractivity contribution in [2.45, 2.75) is 32.4 Å². The first-order valence-electron chi connectivity index (χ1n) is 8.83. The van der Waals surface area contributed by atoms with Crippen LogP contribution < -0.4 is 10.1 Å². The van der Waals surface area contributed by atoms with E-state index in [0.29, 0.717) is 0 Å². The molecule has 0 aliphatic heterocycles. The van der Waals surface area contributed by atoms with Crippen molar-refractivity contribution in [3.8, 4) is 5.75 Å². The first-order chi connectivity index (χ1) is 13.1. The van der Waals surface area contributed by atoms with E-state index in [4.69, 9.17) is 4.74 Å². The summed E-state index contributed by atoms with van der Waals surface area (Å²) in [4.78, 5) is 15.3. The van der Waals surface area contributed by atoms with Gasteiger partial charge < -0.3 is 14.6 Å². The minimum atomic E-state index is -0.0869. The van der Waals surface area contributed by atoms with Gasteiger partial charge in [-0.1, -0.05) is 28.1 Å². The molecule has 3 aromatic rings. The summed E-state index contributed by atoms with van der Waals surface area (Å²) in [6.45, 7) is 2.22. The third kappa shape index (κ3) is 6.25. The SMILES string of the molecule is CC(=O)Nc1ccc(OC(CCc2ccc(Br)cc2)Cn2ccnc2)cc1. The average molecular weight is 428 g/mol. The van der Waals surface area contributed by atoms with Crippen LogP contribution in [0.3, 0.4) is 0 Å². The van der Waals surface area contributed by atoms with Gasteiger partial charge in [0.25, 0.3) is 0 Å². The molecule has 0 saturated carbocycles. The third-order valence-electron chi connectivity index (χ3n) is 4.12. The number of amides is 1. The molecule has 0 aliphatic carbocycles. The number of halogens is 1. The molecular formula is C21H22BrN3O2. The monoisotopic (exact) mass is 427 g/mol. The molecule has 5 nitrogen and oxygen atoms in total. The van der Waals surface area contributed by atoms with Crippen molar-refractivity contribution in [1.29, 1.82) is 0 Å². The van der Waals surface area contributed by atoms with Gasteiger partial charge >= 0.3 is 0 Å². The number of aromatic nitrogens is 2. The van der Waals surface area contributed by atoms with Crippen molar-refractivity contribution >= 4 is 27.5 Å². The number of carbonyl (C=O) groups is 1. The quantitative estimate of drug-likeness (QED) is 0.567. The van der Waals surface area contributed by atoms with Gasteiger partial charge in [-0.25, -0.2) is 4.98 Å². The van der Waals surface area contributed by atoms with Gasteiger partial charge in [0, 0.05) is 29.5 Å². The summed E-state index contributed by atoms with van der Waals surface area (Å²) in [5.41, 5.74) is 2.04. The molecule has 0 spiro atoms. The van der Waals surface area contributed by atoms with Gasteiger partial charge in [-0.05, 0) is 54.8 Å². The maximum Gasteiger partial charge on any atom is 0.221 e. The Bertz CT molecular complexity index is 846. The average Bonchev–Trinajstić information content (AvgIpc) is 3.15. The van der Waals surface area contributed by atoms with E-state index in [1.807, 2.05) is 35.0 Å². The second-order valence-electron chi connectivity index (χ2n) is 6.37. The minimum Gasteiger partial charge on any atom is -0.489 e. The number of hydrogen-bond donors (Lipinski definition) is 1. The fraction of sp³-hybridized carbons (Fsp3) is 0.238. The zero-order valence-electron chi connectivity index (χ0n) is 15.1. The molecule has 0 radical (unpaired) electrons. The third-order valence-corrected chi connectivity index (χ3v) is 4.65. The maximum atomic E-state index is 11.1. The largest absolute Gasteiger partial charge is 0.489 e. The van der Waals surface area contributed by atoms with Crippen LogP contribution in [0.25, 0.3) is 0 Å².